The van der Waals surface area contributed by atoms with Crippen molar-refractivity contribution in [2.45, 2.75) is 20.2 Å². The van der Waals surface area contributed by atoms with E-state index in [9.17, 15) is 18.0 Å². The third kappa shape index (κ3) is 3.01. The summed E-state index contributed by atoms with van der Waals surface area (Å²) in [6.07, 6.45) is -4.76. The van der Waals surface area contributed by atoms with Crippen LogP contribution in [0.1, 0.15) is 23.0 Å². The molecule has 6 heteroatoms. The van der Waals surface area contributed by atoms with Gasteiger partial charge in [0, 0.05) is 16.6 Å². The van der Waals surface area contributed by atoms with Crippen LogP contribution >= 0.6 is 0 Å². The van der Waals surface area contributed by atoms with Crippen LogP contribution in [0.15, 0.2) is 24.3 Å². The lowest BCUT2D eigenvalue weighted by Gasteiger charge is -2.11. The Labute approximate surface area is 107 Å². The van der Waals surface area contributed by atoms with Crippen molar-refractivity contribution in [1.82, 2.24) is 4.98 Å². The van der Waals surface area contributed by atoms with Crippen LogP contribution in [0.25, 0.3) is 10.9 Å². The quantitative estimate of drug-likeness (QED) is 0.781. The van der Waals surface area contributed by atoms with Gasteiger partial charge < -0.3 is 4.74 Å². The number of carbonyl (C=O) groups is 1. The SMILES string of the molecule is CC(=O)c1cc(C)nc2ccc(OC(F)(F)F)cc12. The van der Waals surface area contributed by atoms with Crippen LogP contribution in [0.4, 0.5) is 13.2 Å². The molecule has 1 aromatic heterocycles. The van der Waals surface area contributed by atoms with Gasteiger partial charge in [0.25, 0.3) is 0 Å². The smallest absolute Gasteiger partial charge is 0.406 e. The van der Waals surface area contributed by atoms with E-state index in [1.54, 1.807) is 13.0 Å². The Bertz CT molecular complexity index is 650. The monoisotopic (exact) mass is 269 g/mol. The number of alkyl halides is 3. The molecule has 2 aromatic rings. The van der Waals surface area contributed by atoms with Gasteiger partial charge in [0.1, 0.15) is 5.75 Å². The summed E-state index contributed by atoms with van der Waals surface area (Å²) in [5.41, 5.74) is 1.41. The second-order valence-corrected chi connectivity index (χ2v) is 4.09. The Kier molecular flexibility index (Phi) is 3.18. The van der Waals surface area contributed by atoms with E-state index in [2.05, 4.69) is 9.72 Å². The van der Waals surface area contributed by atoms with Crippen LogP contribution in [0.2, 0.25) is 0 Å². The number of aryl methyl sites for hydroxylation is 1. The van der Waals surface area contributed by atoms with Crippen LogP contribution in [-0.2, 0) is 0 Å². The molecule has 1 aromatic carbocycles. The van der Waals surface area contributed by atoms with E-state index in [-0.39, 0.29) is 11.5 Å². The Morgan fingerprint density at radius 2 is 1.95 bits per heavy atom. The average molecular weight is 269 g/mol. The lowest BCUT2D eigenvalue weighted by Crippen LogP contribution is -2.17. The number of carbonyl (C=O) groups excluding carboxylic acids is 1. The second-order valence-electron chi connectivity index (χ2n) is 4.09. The fourth-order valence-corrected chi connectivity index (χ4v) is 1.83. The first-order valence-corrected chi connectivity index (χ1v) is 5.44. The van der Waals surface area contributed by atoms with Gasteiger partial charge in [-0.15, -0.1) is 13.2 Å². The van der Waals surface area contributed by atoms with Crippen LogP contribution in [0.5, 0.6) is 5.75 Å². The summed E-state index contributed by atoms with van der Waals surface area (Å²) in [4.78, 5) is 15.7. The number of hydrogen-bond acceptors (Lipinski definition) is 3. The van der Waals surface area contributed by atoms with Crippen LogP contribution < -0.4 is 4.74 Å². The lowest BCUT2D eigenvalue weighted by molar-refractivity contribution is -0.274. The van der Waals surface area contributed by atoms with Crippen molar-refractivity contribution < 1.29 is 22.7 Å². The number of ether oxygens (including phenoxy) is 1. The molecule has 3 nitrogen and oxygen atoms in total. The number of fused-ring (bicyclic) bond motifs is 1. The first kappa shape index (κ1) is 13.3. The molecule has 0 saturated heterocycles. The number of nitrogens with zero attached hydrogens (tertiary/aromatic N) is 1. The van der Waals surface area contributed by atoms with Crippen molar-refractivity contribution in [3.63, 3.8) is 0 Å². The summed E-state index contributed by atoms with van der Waals surface area (Å²) in [6.45, 7) is 3.07. The number of hydrogen-bond donors (Lipinski definition) is 0. The van der Waals surface area contributed by atoms with Gasteiger partial charge in [-0.05, 0) is 38.1 Å². The first-order chi connectivity index (χ1) is 8.76. The number of pyridine rings is 1. The molecule has 100 valence electrons. The standard InChI is InChI=1S/C13H10F3NO2/c1-7-5-10(8(2)18)11-6-9(19-13(14,15)16)3-4-12(11)17-7/h3-6H,1-2H3. The number of benzene rings is 1. The van der Waals surface area contributed by atoms with Gasteiger partial charge in [-0.25, -0.2) is 0 Å². The predicted molar refractivity (Wildman–Crippen MR) is 63.2 cm³/mol. The minimum absolute atomic E-state index is 0.236. The van der Waals surface area contributed by atoms with Crippen molar-refractivity contribution >= 4 is 16.7 Å². The maximum absolute atomic E-state index is 12.2. The van der Waals surface area contributed by atoms with Crippen molar-refractivity contribution in [2.24, 2.45) is 0 Å². The van der Waals surface area contributed by atoms with Crippen LogP contribution in [0, 0.1) is 6.92 Å². The van der Waals surface area contributed by atoms with Crippen molar-refractivity contribution in [3.8, 4) is 5.75 Å². The van der Waals surface area contributed by atoms with E-state index in [1.165, 1.54) is 25.1 Å². The molecule has 0 aliphatic rings. The average Bonchev–Trinajstić information content (AvgIpc) is 2.26. The van der Waals surface area contributed by atoms with E-state index in [1.807, 2.05) is 0 Å². The molecule has 0 bridgehead atoms. The molecule has 0 amide bonds. The molecule has 0 fully saturated rings. The van der Waals surface area contributed by atoms with Gasteiger partial charge in [-0.2, -0.15) is 0 Å². The topological polar surface area (TPSA) is 39.2 Å². The largest absolute Gasteiger partial charge is 0.573 e. The fraction of sp³-hybridized carbons (Fsp3) is 0.231. The summed E-state index contributed by atoms with van der Waals surface area (Å²) in [5, 5.41) is 0.347. The molecule has 1 heterocycles. The van der Waals surface area contributed by atoms with Crippen molar-refractivity contribution in [2.75, 3.05) is 0 Å². The molecule has 0 spiro atoms. The highest BCUT2D eigenvalue weighted by Crippen LogP contribution is 2.28. The molecule has 2 rings (SSSR count). The molecule has 19 heavy (non-hydrogen) atoms. The highest BCUT2D eigenvalue weighted by Gasteiger charge is 2.31. The highest BCUT2D eigenvalue weighted by molar-refractivity contribution is 6.06. The van der Waals surface area contributed by atoms with Gasteiger partial charge >= 0.3 is 6.36 Å². The maximum atomic E-state index is 12.2. The van der Waals surface area contributed by atoms with Gasteiger partial charge in [0.2, 0.25) is 0 Å². The molecular formula is C13H10F3NO2. The van der Waals surface area contributed by atoms with Crippen molar-refractivity contribution in [3.05, 3.63) is 35.5 Å². The number of halogens is 3. The Morgan fingerprint density at radius 1 is 1.26 bits per heavy atom. The molecule has 0 aliphatic heterocycles. The summed E-state index contributed by atoms with van der Waals surface area (Å²) >= 11 is 0. The van der Waals surface area contributed by atoms with E-state index in [0.717, 1.165) is 0 Å². The first-order valence-electron chi connectivity index (χ1n) is 5.44. The number of aromatic nitrogens is 1. The molecule has 0 radical (unpaired) electrons. The maximum Gasteiger partial charge on any atom is 0.573 e. The summed E-state index contributed by atoms with van der Waals surface area (Å²) in [7, 11) is 0. The zero-order valence-corrected chi connectivity index (χ0v) is 10.2. The summed E-state index contributed by atoms with van der Waals surface area (Å²) in [6, 6.07) is 5.29. The van der Waals surface area contributed by atoms with Crippen LogP contribution in [-0.4, -0.2) is 17.1 Å². The summed E-state index contributed by atoms with van der Waals surface area (Å²) < 4.78 is 40.3. The normalized spacial score (nSPS) is 11.6. The molecule has 0 N–H and O–H groups in total. The molecule has 0 aliphatic carbocycles. The number of ketones is 1. The van der Waals surface area contributed by atoms with Crippen LogP contribution in [0.3, 0.4) is 0 Å². The zero-order valence-electron chi connectivity index (χ0n) is 10.2. The predicted octanol–water partition coefficient (Wildman–Crippen LogP) is 3.64. The van der Waals surface area contributed by atoms with E-state index < -0.39 is 6.36 Å². The van der Waals surface area contributed by atoms with Gasteiger partial charge in [0.05, 0.1) is 5.52 Å². The second kappa shape index (κ2) is 4.53. The van der Waals surface area contributed by atoms with Gasteiger partial charge in [-0.3, -0.25) is 9.78 Å². The van der Waals surface area contributed by atoms with E-state index in [4.69, 9.17) is 0 Å². The fourth-order valence-electron chi connectivity index (χ4n) is 1.83. The number of rotatable bonds is 2. The lowest BCUT2D eigenvalue weighted by atomic mass is 10.0. The molecule has 0 unspecified atom stereocenters. The minimum atomic E-state index is -4.76. The third-order valence-corrected chi connectivity index (χ3v) is 2.52. The minimum Gasteiger partial charge on any atom is -0.406 e. The Hall–Kier alpha value is -2.11. The van der Waals surface area contributed by atoms with E-state index >= 15 is 0 Å². The van der Waals surface area contributed by atoms with Crippen molar-refractivity contribution in [1.29, 1.82) is 0 Å². The number of Topliss-reactive ketones (excluding diaryl/α,β-unsaturated/α-hetero) is 1. The summed E-state index contributed by atoms with van der Waals surface area (Å²) in [5.74, 6) is -0.604. The Balaban J connectivity index is 2.61. The molecule has 0 saturated carbocycles. The Morgan fingerprint density at radius 3 is 2.53 bits per heavy atom. The van der Waals surface area contributed by atoms with E-state index in [0.29, 0.717) is 22.2 Å². The highest BCUT2D eigenvalue weighted by atomic mass is 19.4. The zero-order chi connectivity index (χ0) is 14.2. The molecular weight excluding hydrogens is 259 g/mol. The third-order valence-electron chi connectivity index (χ3n) is 2.52. The molecule has 0 atom stereocenters. The van der Waals surface area contributed by atoms with Gasteiger partial charge in [0.15, 0.2) is 5.78 Å². The van der Waals surface area contributed by atoms with Gasteiger partial charge in [-0.1, -0.05) is 0 Å².